The lowest BCUT2D eigenvalue weighted by atomic mass is 9.86. The molecule has 1 fully saturated rings. The van der Waals surface area contributed by atoms with Gasteiger partial charge in [-0.1, -0.05) is 56.5 Å². The van der Waals surface area contributed by atoms with Gasteiger partial charge in [-0.05, 0) is 41.3 Å². The first-order valence-electron chi connectivity index (χ1n) is 12.0. The summed E-state index contributed by atoms with van der Waals surface area (Å²) >= 11 is 0. The Kier molecular flexibility index (Phi) is 6.51. The second kappa shape index (κ2) is 10.0. The summed E-state index contributed by atoms with van der Waals surface area (Å²) in [6.07, 6.45) is 8.65. The second-order valence-electron chi connectivity index (χ2n) is 8.78. The fourth-order valence-corrected chi connectivity index (χ4v) is 4.61. The Morgan fingerprint density at radius 3 is 2.62 bits per heavy atom. The van der Waals surface area contributed by atoms with Crippen molar-refractivity contribution in [3.63, 3.8) is 0 Å². The maximum atomic E-state index is 13.0. The van der Waals surface area contributed by atoms with Gasteiger partial charge in [0.25, 0.3) is 0 Å². The van der Waals surface area contributed by atoms with E-state index in [1.165, 1.54) is 6.42 Å². The van der Waals surface area contributed by atoms with Crippen LogP contribution in [-0.2, 0) is 13.0 Å². The van der Waals surface area contributed by atoms with Gasteiger partial charge in [0.1, 0.15) is 5.82 Å². The van der Waals surface area contributed by atoms with Gasteiger partial charge >= 0.3 is 0 Å². The van der Waals surface area contributed by atoms with Crippen LogP contribution >= 0.6 is 0 Å². The van der Waals surface area contributed by atoms with Crippen molar-refractivity contribution in [3.8, 4) is 22.5 Å². The van der Waals surface area contributed by atoms with Gasteiger partial charge in [-0.3, -0.25) is 9.78 Å². The molecule has 9 nitrogen and oxygen atoms in total. The number of Topliss-reactive ketones (excluding diaryl/α,β-unsaturated/α-hetero) is 1. The predicted molar refractivity (Wildman–Crippen MR) is 127 cm³/mol. The van der Waals surface area contributed by atoms with Gasteiger partial charge in [-0.2, -0.15) is 0 Å². The van der Waals surface area contributed by atoms with Crippen LogP contribution < -0.4 is 0 Å². The summed E-state index contributed by atoms with van der Waals surface area (Å²) in [5.74, 6) is 1.92. The number of tetrazole rings is 1. The molecule has 0 spiro atoms. The minimum absolute atomic E-state index is 0.0658. The average Bonchev–Trinajstić information content (AvgIpc) is 3.56. The number of aromatic nitrogens is 8. The molecule has 0 unspecified atom stereocenters. The first kappa shape index (κ1) is 22.1. The van der Waals surface area contributed by atoms with Crippen molar-refractivity contribution in [2.45, 2.75) is 58.4 Å². The van der Waals surface area contributed by atoms with Gasteiger partial charge in [-0.25, -0.2) is 14.8 Å². The Morgan fingerprint density at radius 1 is 1.09 bits per heavy atom. The number of aryl methyl sites for hydroxylation is 1. The SMILES string of the molecule is CCCn1nc(C(=O)C2CCCCC2)nc1Cc1ccc(-c2ccccc2-c2nnn[nH]2)cn1. The summed E-state index contributed by atoms with van der Waals surface area (Å²) < 4.78 is 1.87. The van der Waals surface area contributed by atoms with Gasteiger partial charge in [0, 0.05) is 41.9 Å². The maximum Gasteiger partial charge on any atom is 0.217 e. The van der Waals surface area contributed by atoms with Crippen molar-refractivity contribution in [1.29, 1.82) is 0 Å². The lowest BCUT2D eigenvalue weighted by Gasteiger charge is -2.18. The lowest BCUT2D eigenvalue weighted by molar-refractivity contribution is 0.0878. The van der Waals surface area contributed by atoms with Crippen LogP contribution in [0.15, 0.2) is 42.6 Å². The number of ketones is 1. The van der Waals surface area contributed by atoms with Gasteiger partial charge in [-0.15, -0.1) is 10.2 Å². The normalized spacial score (nSPS) is 14.4. The lowest BCUT2D eigenvalue weighted by Crippen LogP contribution is -2.19. The van der Waals surface area contributed by atoms with Crippen molar-refractivity contribution in [1.82, 2.24) is 40.4 Å². The highest BCUT2D eigenvalue weighted by molar-refractivity contribution is 5.94. The number of hydrogen-bond donors (Lipinski definition) is 1. The van der Waals surface area contributed by atoms with Gasteiger partial charge in [0.05, 0.1) is 0 Å². The smallest absolute Gasteiger partial charge is 0.217 e. The Morgan fingerprint density at radius 2 is 1.91 bits per heavy atom. The molecule has 0 saturated heterocycles. The number of hydrogen-bond acceptors (Lipinski definition) is 7. The van der Waals surface area contributed by atoms with E-state index in [0.717, 1.165) is 66.9 Å². The zero-order valence-electron chi connectivity index (χ0n) is 19.3. The first-order chi connectivity index (χ1) is 16.7. The minimum Gasteiger partial charge on any atom is -0.290 e. The average molecular weight is 457 g/mol. The quantitative estimate of drug-likeness (QED) is 0.393. The highest BCUT2D eigenvalue weighted by atomic mass is 16.1. The van der Waals surface area contributed by atoms with E-state index in [2.05, 4.69) is 37.6 Å². The monoisotopic (exact) mass is 456 g/mol. The Labute approximate surface area is 198 Å². The first-order valence-corrected chi connectivity index (χ1v) is 12.0. The summed E-state index contributed by atoms with van der Waals surface area (Å²) in [6.45, 7) is 2.83. The summed E-state index contributed by atoms with van der Waals surface area (Å²) in [4.78, 5) is 22.3. The number of carbonyl (C=O) groups is 1. The van der Waals surface area contributed by atoms with Crippen LogP contribution in [0.2, 0.25) is 0 Å². The Bertz CT molecular complexity index is 1240. The number of nitrogens with one attached hydrogen (secondary N) is 1. The largest absolute Gasteiger partial charge is 0.290 e. The highest BCUT2D eigenvalue weighted by Crippen LogP contribution is 2.29. The molecule has 1 aliphatic rings. The van der Waals surface area contributed by atoms with E-state index >= 15 is 0 Å². The summed E-state index contributed by atoms with van der Waals surface area (Å²) in [6, 6.07) is 12.0. The van der Waals surface area contributed by atoms with Crippen molar-refractivity contribution < 1.29 is 4.79 Å². The van der Waals surface area contributed by atoms with Crippen LogP contribution in [0.5, 0.6) is 0 Å². The zero-order chi connectivity index (χ0) is 23.3. The molecular weight excluding hydrogens is 428 g/mol. The van der Waals surface area contributed by atoms with Crippen molar-refractivity contribution in [3.05, 3.63) is 59.9 Å². The van der Waals surface area contributed by atoms with Crippen molar-refractivity contribution >= 4 is 5.78 Å². The van der Waals surface area contributed by atoms with E-state index in [-0.39, 0.29) is 11.7 Å². The number of H-pyrrole nitrogens is 1. The number of carbonyl (C=O) groups excluding carboxylic acids is 1. The summed E-state index contributed by atoms with van der Waals surface area (Å²) in [7, 11) is 0. The predicted octanol–water partition coefficient (Wildman–Crippen LogP) is 4.28. The number of benzene rings is 1. The van der Waals surface area contributed by atoms with Gasteiger partial charge in [0.2, 0.25) is 11.6 Å². The third-order valence-electron chi connectivity index (χ3n) is 6.38. The van der Waals surface area contributed by atoms with Crippen molar-refractivity contribution in [2.24, 2.45) is 5.92 Å². The maximum absolute atomic E-state index is 13.0. The fraction of sp³-hybridized carbons (Fsp3) is 0.400. The molecule has 0 amide bonds. The topological polar surface area (TPSA) is 115 Å². The molecule has 0 radical (unpaired) electrons. The Hall–Kier alpha value is -3.75. The number of nitrogens with zero attached hydrogens (tertiary/aromatic N) is 7. The molecule has 3 heterocycles. The standard InChI is InChI=1S/C25H28N8O/c1-2-14-33-22(27-25(30-33)23(34)17-8-4-3-5-9-17)15-19-13-12-18(16-26-19)20-10-6-7-11-21(20)24-28-31-32-29-24/h6-7,10-13,16-17H,2-5,8-9,14-15H2,1H3,(H,28,29,31,32). The summed E-state index contributed by atoms with van der Waals surface area (Å²) in [5, 5.41) is 18.8. The molecule has 5 rings (SSSR count). The van der Waals surface area contributed by atoms with E-state index in [1.807, 2.05) is 47.3 Å². The van der Waals surface area contributed by atoms with Crippen LogP contribution in [0, 0.1) is 5.92 Å². The molecule has 1 aromatic carbocycles. The Balaban J connectivity index is 1.37. The molecule has 0 bridgehead atoms. The van der Waals surface area contributed by atoms with Crippen LogP contribution in [0.3, 0.4) is 0 Å². The van der Waals surface area contributed by atoms with E-state index in [4.69, 9.17) is 4.98 Å². The molecule has 1 N–H and O–H groups in total. The summed E-state index contributed by atoms with van der Waals surface area (Å²) in [5.41, 5.74) is 3.76. The number of pyridine rings is 1. The van der Waals surface area contributed by atoms with Gasteiger partial charge < -0.3 is 0 Å². The van der Waals surface area contributed by atoms with Crippen LogP contribution in [0.1, 0.15) is 67.6 Å². The van der Waals surface area contributed by atoms with E-state index in [1.54, 1.807) is 0 Å². The van der Waals surface area contributed by atoms with Crippen LogP contribution in [0.4, 0.5) is 0 Å². The third kappa shape index (κ3) is 4.64. The molecule has 0 aliphatic heterocycles. The van der Waals surface area contributed by atoms with Gasteiger partial charge in [0.15, 0.2) is 5.82 Å². The van der Waals surface area contributed by atoms with E-state index in [0.29, 0.717) is 18.1 Å². The van der Waals surface area contributed by atoms with Crippen molar-refractivity contribution in [2.75, 3.05) is 0 Å². The molecule has 174 valence electrons. The number of aromatic amines is 1. The second-order valence-corrected chi connectivity index (χ2v) is 8.78. The van der Waals surface area contributed by atoms with Crippen LogP contribution in [0.25, 0.3) is 22.5 Å². The fourth-order valence-electron chi connectivity index (χ4n) is 4.61. The third-order valence-corrected chi connectivity index (χ3v) is 6.38. The number of rotatable bonds is 8. The molecule has 3 aromatic heterocycles. The molecule has 1 saturated carbocycles. The molecule has 9 heteroatoms. The highest BCUT2D eigenvalue weighted by Gasteiger charge is 2.26. The van der Waals surface area contributed by atoms with E-state index in [9.17, 15) is 4.79 Å². The molecule has 4 aromatic rings. The molecule has 0 atom stereocenters. The van der Waals surface area contributed by atoms with E-state index < -0.39 is 0 Å². The molecule has 34 heavy (non-hydrogen) atoms. The zero-order valence-corrected chi connectivity index (χ0v) is 19.3. The molecular formula is C25H28N8O. The molecule has 1 aliphatic carbocycles. The van der Waals surface area contributed by atoms with Crippen LogP contribution in [-0.4, -0.2) is 46.2 Å². The minimum atomic E-state index is 0.0658.